The van der Waals surface area contributed by atoms with E-state index in [1.165, 1.54) is 231 Å². The molecular weight excluding hydrogens is 813 g/mol. The first kappa shape index (κ1) is 63.9. The highest BCUT2D eigenvalue weighted by Crippen LogP contribution is 2.17. The summed E-state index contributed by atoms with van der Waals surface area (Å²) >= 11 is 0. The Hall–Kier alpha value is -2.14. The van der Waals surface area contributed by atoms with E-state index in [1.54, 1.807) is 0 Å². The second-order valence-electron chi connectivity index (χ2n) is 19.7. The van der Waals surface area contributed by atoms with E-state index >= 15 is 0 Å². The first-order chi connectivity index (χ1) is 32.6. The van der Waals surface area contributed by atoms with Gasteiger partial charge in [0.05, 0.1) is 6.61 Å². The molecule has 0 spiro atoms. The lowest BCUT2D eigenvalue weighted by atomic mass is 10.0. The van der Waals surface area contributed by atoms with Gasteiger partial charge in [0.15, 0.2) is 6.10 Å². The molecule has 0 saturated carbocycles. The molecule has 5 heteroatoms. The zero-order chi connectivity index (χ0) is 47.7. The smallest absolute Gasteiger partial charge is 0.306 e. The number of esters is 2. The van der Waals surface area contributed by atoms with Crippen LogP contribution in [0.4, 0.5) is 0 Å². The number of aliphatic hydroxyl groups excluding tert-OH is 1. The molecule has 1 unspecified atom stereocenters. The summed E-state index contributed by atoms with van der Waals surface area (Å²) in [6.07, 6.45) is 75.2. The average molecular weight is 926 g/mol. The summed E-state index contributed by atoms with van der Waals surface area (Å²) in [5, 5.41) is 9.65. The molecule has 0 rings (SSSR count). The van der Waals surface area contributed by atoms with E-state index in [0.29, 0.717) is 12.8 Å². The number of hydrogen-bond acceptors (Lipinski definition) is 5. The molecule has 0 heterocycles. The number of aliphatic hydroxyl groups is 1. The van der Waals surface area contributed by atoms with E-state index in [-0.39, 0.29) is 25.2 Å². The van der Waals surface area contributed by atoms with Crippen molar-refractivity contribution in [2.45, 2.75) is 315 Å². The Labute approximate surface area is 411 Å². The van der Waals surface area contributed by atoms with E-state index in [9.17, 15) is 14.7 Å². The summed E-state index contributed by atoms with van der Waals surface area (Å²) in [5.74, 6) is -0.581. The molecule has 0 amide bonds. The molecule has 0 aromatic rings. The minimum absolute atomic E-state index is 0.0650. The van der Waals surface area contributed by atoms with Crippen molar-refractivity contribution in [3.63, 3.8) is 0 Å². The molecule has 386 valence electrons. The first-order valence-corrected chi connectivity index (χ1v) is 29.2. The van der Waals surface area contributed by atoms with Crippen LogP contribution in [-0.2, 0) is 19.1 Å². The largest absolute Gasteiger partial charge is 0.462 e. The van der Waals surface area contributed by atoms with Gasteiger partial charge in [-0.15, -0.1) is 0 Å². The lowest BCUT2D eigenvalue weighted by Gasteiger charge is -2.15. The van der Waals surface area contributed by atoms with Gasteiger partial charge in [0.25, 0.3) is 0 Å². The maximum absolute atomic E-state index is 12.3. The van der Waals surface area contributed by atoms with Gasteiger partial charge in [-0.2, -0.15) is 0 Å². The van der Waals surface area contributed by atoms with Crippen molar-refractivity contribution in [2.75, 3.05) is 13.2 Å². The molecule has 0 aromatic carbocycles. The van der Waals surface area contributed by atoms with Crippen molar-refractivity contribution >= 4 is 11.9 Å². The third kappa shape index (κ3) is 54.5. The van der Waals surface area contributed by atoms with Gasteiger partial charge in [-0.1, -0.05) is 268 Å². The summed E-state index contributed by atoms with van der Waals surface area (Å²) in [7, 11) is 0. The second-order valence-corrected chi connectivity index (χ2v) is 19.7. The summed E-state index contributed by atoms with van der Waals surface area (Å²) < 4.78 is 10.7. The third-order valence-corrected chi connectivity index (χ3v) is 13.1. The molecule has 0 aliphatic rings. The van der Waals surface area contributed by atoms with Crippen LogP contribution in [0, 0.1) is 0 Å². The second kappa shape index (κ2) is 57.2. The number of carbonyl (C=O) groups is 2. The molecule has 0 bridgehead atoms. The molecule has 0 saturated heterocycles. The van der Waals surface area contributed by atoms with Crippen LogP contribution in [0.2, 0.25) is 0 Å². The van der Waals surface area contributed by atoms with Crippen molar-refractivity contribution in [1.29, 1.82) is 0 Å². The number of hydrogen-bond donors (Lipinski definition) is 1. The van der Waals surface area contributed by atoms with Crippen LogP contribution in [0.1, 0.15) is 309 Å². The Kier molecular flexibility index (Phi) is 55.3. The predicted molar refractivity (Wildman–Crippen MR) is 288 cm³/mol. The SMILES string of the molecule is CCCCC/C=C\C/C=C\CCCCCCCCCCCC(=O)OCC(CO)OC(=O)CCCCCCCCCCCCCCCCCCCCCCC/C=C\C/C=C\CCCCCCC. The van der Waals surface area contributed by atoms with Crippen LogP contribution in [0.25, 0.3) is 0 Å². The minimum atomic E-state index is -0.773. The Morgan fingerprint density at radius 2 is 0.606 bits per heavy atom. The van der Waals surface area contributed by atoms with Crippen molar-refractivity contribution in [3.8, 4) is 0 Å². The Morgan fingerprint density at radius 1 is 0.348 bits per heavy atom. The molecule has 1 atom stereocenters. The fourth-order valence-electron chi connectivity index (χ4n) is 8.68. The topological polar surface area (TPSA) is 72.8 Å². The maximum atomic E-state index is 12.3. The lowest BCUT2D eigenvalue weighted by Crippen LogP contribution is -2.28. The van der Waals surface area contributed by atoms with E-state index in [0.717, 1.165) is 51.4 Å². The van der Waals surface area contributed by atoms with Gasteiger partial charge in [-0.25, -0.2) is 0 Å². The minimum Gasteiger partial charge on any atom is -0.462 e. The molecule has 5 nitrogen and oxygen atoms in total. The van der Waals surface area contributed by atoms with Crippen molar-refractivity contribution in [3.05, 3.63) is 48.6 Å². The van der Waals surface area contributed by atoms with Gasteiger partial charge < -0.3 is 14.6 Å². The van der Waals surface area contributed by atoms with Crippen molar-refractivity contribution in [2.24, 2.45) is 0 Å². The molecule has 0 aliphatic carbocycles. The van der Waals surface area contributed by atoms with Crippen LogP contribution in [0.15, 0.2) is 48.6 Å². The fourth-order valence-corrected chi connectivity index (χ4v) is 8.68. The van der Waals surface area contributed by atoms with Gasteiger partial charge in [0.2, 0.25) is 0 Å². The number of unbranched alkanes of at least 4 members (excludes halogenated alkanes) is 38. The molecule has 1 N–H and O–H groups in total. The highest BCUT2D eigenvalue weighted by atomic mass is 16.6. The molecule has 0 fully saturated rings. The maximum Gasteiger partial charge on any atom is 0.306 e. The Bertz CT molecular complexity index is 1090. The van der Waals surface area contributed by atoms with Crippen LogP contribution >= 0.6 is 0 Å². The number of allylic oxidation sites excluding steroid dienone is 8. The number of carbonyl (C=O) groups excluding carboxylic acids is 2. The van der Waals surface area contributed by atoms with E-state index < -0.39 is 6.10 Å². The van der Waals surface area contributed by atoms with E-state index in [4.69, 9.17) is 9.47 Å². The van der Waals surface area contributed by atoms with Crippen LogP contribution in [0.3, 0.4) is 0 Å². The van der Waals surface area contributed by atoms with Gasteiger partial charge in [-0.05, 0) is 77.0 Å². The normalized spacial score (nSPS) is 12.5. The van der Waals surface area contributed by atoms with Gasteiger partial charge >= 0.3 is 11.9 Å². The lowest BCUT2D eigenvalue weighted by molar-refractivity contribution is -0.161. The number of ether oxygens (including phenoxy) is 2. The zero-order valence-corrected chi connectivity index (χ0v) is 44.2. The quantitative estimate of drug-likeness (QED) is 0.0374. The standard InChI is InChI=1S/C61H112O5/c1-3-5-7-9-11-13-15-17-19-21-23-24-25-26-27-28-29-30-31-32-33-34-35-36-38-40-42-44-46-48-50-52-54-56-61(64)66-59(57-62)58-65-60(63)55-53-51-49-47-45-43-41-39-37-22-20-18-16-14-12-10-8-6-4-2/h12,14-15,17-18,20-21,23,59,62H,3-11,13,16,19,22,24-58H2,1-2H3/b14-12-,17-15-,20-18-,23-21-. The zero-order valence-electron chi connectivity index (χ0n) is 44.2. The Balaban J connectivity index is 3.42. The van der Waals surface area contributed by atoms with Crippen molar-refractivity contribution < 1.29 is 24.2 Å². The van der Waals surface area contributed by atoms with Crippen molar-refractivity contribution in [1.82, 2.24) is 0 Å². The molecular formula is C61H112O5. The van der Waals surface area contributed by atoms with Crippen LogP contribution in [-0.4, -0.2) is 36.4 Å². The highest BCUT2D eigenvalue weighted by molar-refractivity contribution is 5.70. The van der Waals surface area contributed by atoms with E-state index in [1.807, 2.05) is 0 Å². The van der Waals surface area contributed by atoms with Gasteiger partial charge in [0.1, 0.15) is 6.61 Å². The summed E-state index contributed by atoms with van der Waals surface area (Å²) in [6, 6.07) is 0. The summed E-state index contributed by atoms with van der Waals surface area (Å²) in [6.45, 7) is 4.14. The van der Waals surface area contributed by atoms with Crippen LogP contribution in [0.5, 0.6) is 0 Å². The summed E-state index contributed by atoms with van der Waals surface area (Å²) in [5.41, 5.74) is 0. The van der Waals surface area contributed by atoms with Crippen LogP contribution < -0.4 is 0 Å². The predicted octanol–water partition coefficient (Wildman–Crippen LogP) is 19.6. The molecule has 0 aliphatic heterocycles. The van der Waals surface area contributed by atoms with E-state index in [2.05, 4.69) is 62.5 Å². The third-order valence-electron chi connectivity index (χ3n) is 13.1. The van der Waals surface area contributed by atoms with Gasteiger partial charge in [-0.3, -0.25) is 9.59 Å². The molecule has 0 aromatic heterocycles. The average Bonchev–Trinajstić information content (AvgIpc) is 3.32. The fraction of sp³-hybridized carbons (Fsp3) is 0.836. The Morgan fingerprint density at radius 3 is 0.924 bits per heavy atom. The first-order valence-electron chi connectivity index (χ1n) is 29.2. The number of rotatable bonds is 54. The summed E-state index contributed by atoms with van der Waals surface area (Å²) in [4.78, 5) is 24.5. The molecule has 66 heavy (non-hydrogen) atoms. The molecule has 0 radical (unpaired) electrons. The highest BCUT2D eigenvalue weighted by Gasteiger charge is 2.16. The van der Waals surface area contributed by atoms with Gasteiger partial charge in [0, 0.05) is 12.8 Å². The monoisotopic (exact) mass is 925 g/mol.